The van der Waals surface area contributed by atoms with E-state index in [0.29, 0.717) is 24.0 Å². The van der Waals surface area contributed by atoms with Gasteiger partial charge in [-0.15, -0.1) is 10.1 Å². The number of nitrogens with zero attached hydrogens (tertiary/aromatic N) is 1. The number of hydrogen-bond donors (Lipinski definition) is 2. The minimum Gasteiger partial charge on any atom is -0.507 e. The van der Waals surface area contributed by atoms with Crippen molar-refractivity contribution in [2.45, 2.75) is 45.4 Å². The molecule has 0 aliphatic heterocycles. The zero-order valence-electron chi connectivity index (χ0n) is 14.7. The number of aryl methyl sites for hydroxylation is 1. The molecule has 0 saturated carbocycles. The Morgan fingerprint density at radius 1 is 1.40 bits per heavy atom. The Bertz CT molecular complexity index is 672. The molecule has 0 unspecified atom stereocenters. The van der Waals surface area contributed by atoms with Crippen molar-refractivity contribution >= 4 is 0 Å². The molecule has 1 aliphatic carbocycles. The largest absolute Gasteiger partial charge is 0.507 e. The standard InChI is InChI=1S/C19H25NO5/c1-12(2)15-7-6-13(3)9-16(15)19-17(21)10-14(11-18(19)22)5-4-8-25-20(23)24/h9-11,15-16,21-22H,1,4-8H2,2-3H3/t15-,16+/m0/s1. The molecule has 0 bridgehead atoms. The minimum atomic E-state index is -0.826. The molecule has 136 valence electrons. The van der Waals surface area contributed by atoms with Gasteiger partial charge in [0.1, 0.15) is 11.5 Å². The molecule has 2 atom stereocenters. The molecule has 1 aromatic carbocycles. The average Bonchev–Trinajstić information content (AvgIpc) is 2.50. The Morgan fingerprint density at radius 2 is 2.04 bits per heavy atom. The van der Waals surface area contributed by atoms with Crippen LogP contribution >= 0.6 is 0 Å². The third-order valence-electron chi connectivity index (χ3n) is 4.72. The van der Waals surface area contributed by atoms with Crippen molar-refractivity contribution in [3.63, 3.8) is 0 Å². The second-order valence-electron chi connectivity index (χ2n) is 6.74. The van der Waals surface area contributed by atoms with Crippen molar-refractivity contribution in [3.8, 4) is 11.5 Å². The lowest BCUT2D eigenvalue weighted by Gasteiger charge is -2.31. The number of allylic oxidation sites excluding steroid dienone is 3. The molecule has 0 fully saturated rings. The molecule has 0 heterocycles. The Kier molecular flexibility index (Phi) is 6.07. The summed E-state index contributed by atoms with van der Waals surface area (Å²) in [5.74, 6) is 0.178. The summed E-state index contributed by atoms with van der Waals surface area (Å²) in [4.78, 5) is 14.4. The maximum atomic E-state index is 10.5. The molecular weight excluding hydrogens is 322 g/mol. The lowest BCUT2D eigenvalue weighted by molar-refractivity contribution is -0.757. The van der Waals surface area contributed by atoms with E-state index in [1.807, 2.05) is 6.92 Å². The van der Waals surface area contributed by atoms with Crippen molar-refractivity contribution in [1.82, 2.24) is 0 Å². The molecule has 2 rings (SSSR count). The summed E-state index contributed by atoms with van der Waals surface area (Å²) < 4.78 is 0. The van der Waals surface area contributed by atoms with Crippen molar-refractivity contribution < 1.29 is 20.1 Å². The molecule has 0 saturated heterocycles. The highest BCUT2D eigenvalue weighted by atomic mass is 16.9. The third-order valence-corrected chi connectivity index (χ3v) is 4.72. The van der Waals surface area contributed by atoms with Crippen molar-refractivity contribution in [2.75, 3.05) is 6.61 Å². The number of hydrogen-bond acceptors (Lipinski definition) is 5. The molecule has 1 aliphatic rings. The van der Waals surface area contributed by atoms with E-state index in [2.05, 4.69) is 24.4 Å². The van der Waals surface area contributed by atoms with Gasteiger partial charge in [0.25, 0.3) is 5.09 Å². The molecule has 6 nitrogen and oxygen atoms in total. The van der Waals surface area contributed by atoms with E-state index in [9.17, 15) is 20.3 Å². The van der Waals surface area contributed by atoms with E-state index in [1.165, 1.54) is 5.57 Å². The maximum Gasteiger partial charge on any atom is 0.294 e. The lowest BCUT2D eigenvalue weighted by Crippen LogP contribution is -2.17. The number of rotatable bonds is 7. The van der Waals surface area contributed by atoms with Gasteiger partial charge in [0.2, 0.25) is 0 Å². The molecule has 6 heteroatoms. The monoisotopic (exact) mass is 347 g/mol. The SMILES string of the molecule is C=C(C)[C@@H]1CCC(C)=C[C@H]1c1c(O)cc(CCCO[N+](=O)[O-])cc1O. The van der Waals surface area contributed by atoms with Crippen LogP contribution in [0.15, 0.2) is 35.9 Å². The first-order valence-corrected chi connectivity index (χ1v) is 8.44. The van der Waals surface area contributed by atoms with Crippen LogP contribution in [0.5, 0.6) is 11.5 Å². The number of phenols is 2. The normalized spacial score (nSPS) is 20.0. The summed E-state index contributed by atoms with van der Waals surface area (Å²) in [6, 6.07) is 3.24. The highest BCUT2D eigenvalue weighted by molar-refractivity contribution is 5.51. The summed E-state index contributed by atoms with van der Waals surface area (Å²) in [6.07, 6.45) is 4.93. The number of benzene rings is 1. The second-order valence-corrected chi connectivity index (χ2v) is 6.74. The van der Waals surface area contributed by atoms with Crippen LogP contribution in [-0.4, -0.2) is 21.9 Å². The van der Waals surface area contributed by atoms with Gasteiger partial charge >= 0.3 is 0 Å². The summed E-state index contributed by atoms with van der Waals surface area (Å²) in [7, 11) is 0. The van der Waals surface area contributed by atoms with Crippen LogP contribution in [0.4, 0.5) is 0 Å². The van der Waals surface area contributed by atoms with Gasteiger partial charge in [-0.05, 0) is 63.1 Å². The van der Waals surface area contributed by atoms with Gasteiger partial charge in [-0.2, -0.15) is 0 Å². The molecular formula is C19H25NO5. The van der Waals surface area contributed by atoms with Gasteiger partial charge in [0.05, 0.1) is 6.61 Å². The third kappa shape index (κ3) is 4.75. The second kappa shape index (κ2) is 8.05. The van der Waals surface area contributed by atoms with Crippen molar-refractivity contribution in [3.05, 3.63) is 57.2 Å². The first-order chi connectivity index (χ1) is 11.8. The Morgan fingerprint density at radius 3 is 2.60 bits per heavy atom. The lowest BCUT2D eigenvalue weighted by atomic mass is 9.73. The van der Waals surface area contributed by atoms with Crippen LogP contribution in [0.3, 0.4) is 0 Å². The van der Waals surface area contributed by atoms with E-state index in [1.54, 1.807) is 12.1 Å². The Balaban J connectivity index is 2.22. The van der Waals surface area contributed by atoms with E-state index >= 15 is 0 Å². The molecule has 0 spiro atoms. The summed E-state index contributed by atoms with van der Waals surface area (Å²) in [5, 5.41) is 30.3. The van der Waals surface area contributed by atoms with Crippen molar-refractivity contribution in [1.29, 1.82) is 0 Å². The molecule has 1 aromatic rings. The van der Waals surface area contributed by atoms with Crippen LogP contribution in [-0.2, 0) is 11.3 Å². The summed E-state index contributed by atoms with van der Waals surface area (Å²) in [5.41, 5.74) is 3.52. The number of aromatic hydroxyl groups is 2. The van der Waals surface area contributed by atoms with Crippen LogP contribution in [0.25, 0.3) is 0 Å². The Labute approximate surface area is 147 Å². The predicted octanol–water partition coefficient (Wildman–Crippen LogP) is 4.25. The summed E-state index contributed by atoms with van der Waals surface area (Å²) in [6.45, 7) is 8.07. The first kappa shape index (κ1) is 18.8. The van der Waals surface area contributed by atoms with E-state index < -0.39 is 5.09 Å². The highest BCUT2D eigenvalue weighted by Gasteiger charge is 2.30. The van der Waals surface area contributed by atoms with E-state index in [-0.39, 0.29) is 29.9 Å². The van der Waals surface area contributed by atoms with Gasteiger partial charge in [-0.3, -0.25) is 0 Å². The maximum absolute atomic E-state index is 10.5. The zero-order chi connectivity index (χ0) is 18.6. The smallest absolute Gasteiger partial charge is 0.294 e. The minimum absolute atomic E-state index is 0.0153. The quantitative estimate of drug-likeness (QED) is 0.333. The van der Waals surface area contributed by atoms with Gasteiger partial charge in [-0.1, -0.05) is 23.8 Å². The van der Waals surface area contributed by atoms with E-state index in [0.717, 1.165) is 18.4 Å². The first-order valence-electron chi connectivity index (χ1n) is 8.44. The molecule has 2 N–H and O–H groups in total. The Hall–Kier alpha value is -2.50. The summed E-state index contributed by atoms with van der Waals surface area (Å²) >= 11 is 0. The predicted molar refractivity (Wildman–Crippen MR) is 95.1 cm³/mol. The number of phenolic OH excluding ortho intramolecular Hbond substituents is 2. The van der Waals surface area contributed by atoms with Crippen LogP contribution < -0.4 is 0 Å². The highest BCUT2D eigenvalue weighted by Crippen LogP contribution is 2.46. The zero-order valence-corrected chi connectivity index (χ0v) is 14.7. The molecule has 25 heavy (non-hydrogen) atoms. The van der Waals surface area contributed by atoms with Gasteiger partial charge in [0.15, 0.2) is 0 Å². The average molecular weight is 347 g/mol. The van der Waals surface area contributed by atoms with Gasteiger partial charge in [-0.25, -0.2) is 0 Å². The van der Waals surface area contributed by atoms with Crippen LogP contribution in [0.2, 0.25) is 0 Å². The van der Waals surface area contributed by atoms with Crippen LogP contribution in [0.1, 0.15) is 50.2 Å². The van der Waals surface area contributed by atoms with Crippen LogP contribution in [0, 0.1) is 16.0 Å². The fourth-order valence-electron chi connectivity index (χ4n) is 3.49. The topological polar surface area (TPSA) is 92.8 Å². The van der Waals surface area contributed by atoms with E-state index in [4.69, 9.17) is 0 Å². The van der Waals surface area contributed by atoms with Gasteiger partial charge < -0.3 is 15.1 Å². The fraction of sp³-hybridized carbons (Fsp3) is 0.474. The molecule has 0 aromatic heterocycles. The van der Waals surface area contributed by atoms with Gasteiger partial charge in [0, 0.05) is 11.5 Å². The molecule has 0 radical (unpaired) electrons. The fourth-order valence-corrected chi connectivity index (χ4v) is 3.49. The van der Waals surface area contributed by atoms with Crippen molar-refractivity contribution in [2.24, 2.45) is 5.92 Å². The molecule has 0 amide bonds.